The van der Waals surface area contributed by atoms with Gasteiger partial charge in [-0.1, -0.05) is 84.9 Å². The van der Waals surface area contributed by atoms with Crippen LogP contribution >= 0.6 is 0 Å². The van der Waals surface area contributed by atoms with Crippen LogP contribution in [0.3, 0.4) is 0 Å². The van der Waals surface area contributed by atoms with Crippen LogP contribution in [0.1, 0.15) is 22.3 Å². The van der Waals surface area contributed by atoms with E-state index < -0.39 is 5.54 Å². The zero-order chi connectivity index (χ0) is 16.4. The summed E-state index contributed by atoms with van der Waals surface area (Å²) in [4.78, 5) is 0. The fourth-order valence-electron chi connectivity index (χ4n) is 3.39. The molecule has 3 aromatic carbocycles. The van der Waals surface area contributed by atoms with Gasteiger partial charge in [0.2, 0.25) is 0 Å². The number of benzene rings is 3. The molecule has 0 aliphatic carbocycles. The van der Waals surface area contributed by atoms with Crippen LogP contribution in [0.25, 0.3) is 0 Å². The Morgan fingerprint density at radius 3 is 1.83 bits per heavy atom. The summed E-state index contributed by atoms with van der Waals surface area (Å²) in [7, 11) is 0. The maximum atomic E-state index is 7.12. The summed E-state index contributed by atoms with van der Waals surface area (Å²) in [6.07, 6.45) is 1.25. The van der Waals surface area contributed by atoms with Crippen LogP contribution in [0.4, 0.5) is 0 Å². The van der Waals surface area contributed by atoms with Gasteiger partial charge in [-0.3, -0.25) is 0 Å². The molecule has 0 radical (unpaired) electrons. The zero-order valence-electron chi connectivity index (χ0n) is 13.6. The largest absolute Gasteiger partial charge is 0.373 e. The van der Waals surface area contributed by atoms with Gasteiger partial charge in [0.05, 0.1) is 18.2 Å². The topological polar surface area (TPSA) is 38.5 Å². The van der Waals surface area contributed by atoms with Gasteiger partial charge in [0.1, 0.15) is 0 Å². The fourth-order valence-corrected chi connectivity index (χ4v) is 3.39. The monoisotopic (exact) mass is 315 g/mol. The average Bonchev–Trinajstić information content (AvgIpc) is 3.47. The number of hydrogen-bond acceptors (Lipinski definition) is 2. The second kappa shape index (κ2) is 6.23. The van der Waals surface area contributed by atoms with E-state index in [1.54, 1.807) is 0 Å². The van der Waals surface area contributed by atoms with E-state index in [4.69, 9.17) is 10.5 Å². The highest BCUT2D eigenvalue weighted by Crippen LogP contribution is 2.37. The molecule has 0 bridgehead atoms. The van der Waals surface area contributed by atoms with Crippen LogP contribution in [-0.4, -0.2) is 12.7 Å². The van der Waals surface area contributed by atoms with Crippen molar-refractivity contribution >= 4 is 0 Å². The molecule has 24 heavy (non-hydrogen) atoms. The first-order valence-electron chi connectivity index (χ1n) is 8.38. The minimum Gasteiger partial charge on any atom is -0.373 e. The Labute approximate surface area is 142 Å². The lowest BCUT2D eigenvalue weighted by atomic mass is 9.75. The second-order valence-electron chi connectivity index (χ2n) is 6.36. The molecular weight excluding hydrogens is 294 g/mol. The third-order valence-corrected chi connectivity index (χ3v) is 4.75. The minimum absolute atomic E-state index is 0.335. The molecule has 2 heteroatoms. The molecule has 1 unspecified atom stereocenters. The normalized spacial score (nSPS) is 16.8. The van der Waals surface area contributed by atoms with E-state index >= 15 is 0 Å². The summed E-state index contributed by atoms with van der Waals surface area (Å²) in [5.41, 5.74) is 11.1. The van der Waals surface area contributed by atoms with Crippen molar-refractivity contribution in [2.75, 3.05) is 6.61 Å². The fraction of sp³-hybridized carbons (Fsp3) is 0.182. The Morgan fingerprint density at radius 2 is 1.29 bits per heavy atom. The highest BCUT2D eigenvalue weighted by atomic mass is 16.6. The average molecular weight is 315 g/mol. The predicted molar refractivity (Wildman–Crippen MR) is 96.8 cm³/mol. The van der Waals surface area contributed by atoms with Crippen molar-refractivity contribution in [1.82, 2.24) is 0 Å². The van der Waals surface area contributed by atoms with Gasteiger partial charge in [-0.05, 0) is 22.3 Å². The summed E-state index contributed by atoms with van der Waals surface area (Å²) in [5.74, 6) is 0. The van der Waals surface area contributed by atoms with E-state index in [9.17, 15) is 0 Å². The highest BCUT2D eigenvalue weighted by molar-refractivity contribution is 5.51. The molecule has 4 rings (SSSR count). The van der Waals surface area contributed by atoms with E-state index in [1.807, 2.05) is 36.4 Å². The summed E-state index contributed by atoms with van der Waals surface area (Å²) in [5, 5.41) is 0. The van der Waals surface area contributed by atoms with Crippen molar-refractivity contribution < 1.29 is 4.74 Å². The van der Waals surface area contributed by atoms with Crippen LogP contribution in [-0.2, 0) is 16.7 Å². The molecule has 1 fully saturated rings. The molecule has 0 amide bonds. The molecule has 3 aromatic rings. The lowest BCUT2D eigenvalue weighted by Gasteiger charge is -2.33. The second-order valence-corrected chi connectivity index (χ2v) is 6.36. The van der Waals surface area contributed by atoms with Gasteiger partial charge >= 0.3 is 0 Å². The van der Waals surface area contributed by atoms with Gasteiger partial charge in [-0.15, -0.1) is 0 Å². The van der Waals surface area contributed by atoms with Crippen molar-refractivity contribution in [1.29, 1.82) is 0 Å². The molecule has 1 aliphatic heterocycles. The van der Waals surface area contributed by atoms with Crippen LogP contribution in [0.15, 0.2) is 84.9 Å². The zero-order valence-corrected chi connectivity index (χ0v) is 13.6. The van der Waals surface area contributed by atoms with Crippen LogP contribution in [0.2, 0.25) is 0 Å². The Morgan fingerprint density at radius 1 is 0.792 bits per heavy atom. The first kappa shape index (κ1) is 15.1. The van der Waals surface area contributed by atoms with Gasteiger partial charge in [0.15, 0.2) is 0 Å². The standard InChI is InChI=1S/C22H21NO/c23-22(18-10-3-1-4-11-18,19-12-5-2-6-13-19)21-14-8-7-9-17(21)15-20-16-24-20/h1-14,20H,15-16,23H2. The Bertz CT molecular complexity index is 770. The van der Waals surface area contributed by atoms with E-state index in [0.29, 0.717) is 6.10 Å². The van der Waals surface area contributed by atoms with Crippen LogP contribution < -0.4 is 5.73 Å². The molecule has 0 spiro atoms. The molecule has 1 saturated heterocycles. The van der Waals surface area contributed by atoms with E-state index in [1.165, 1.54) is 5.56 Å². The predicted octanol–water partition coefficient (Wildman–Crippen LogP) is 3.88. The SMILES string of the molecule is NC(c1ccccc1)(c1ccccc1)c1ccccc1CC1CO1. The summed E-state index contributed by atoms with van der Waals surface area (Å²) >= 11 is 0. The van der Waals surface area contributed by atoms with Gasteiger partial charge < -0.3 is 10.5 Å². The van der Waals surface area contributed by atoms with E-state index in [-0.39, 0.29) is 0 Å². The Balaban J connectivity index is 1.91. The van der Waals surface area contributed by atoms with Crippen LogP contribution in [0.5, 0.6) is 0 Å². The molecule has 120 valence electrons. The van der Waals surface area contributed by atoms with Gasteiger partial charge in [-0.25, -0.2) is 0 Å². The molecule has 0 saturated carbocycles. The van der Waals surface area contributed by atoms with E-state index in [2.05, 4.69) is 48.5 Å². The Hall–Kier alpha value is -2.42. The summed E-state index contributed by atoms with van der Waals surface area (Å²) in [6, 6.07) is 29.2. The molecule has 0 aromatic heterocycles. The molecular formula is C22H21NO. The first-order valence-corrected chi connectivity index (χ1v) is 8.38. The maximum Gasteiger partial charge on any atom is 0.0925 e. The van der Waals surface area contributed by atoms with Gasteiger partial charge in [0, 0.05) is 6.42 Å². The van der Waals surface area contributed by atoms with Crippen molar-refractivity contribution in [3.05, 3.63) is 107 Å². The number of hydrogen-bond donors (Lipinski definition) is 1. The van der Waals surface area contributed by atoms with Crippen molar-refractivity contribution in [2.24, 2.45) is 5.73 Å². The summed E-state index contributed by atoms with van der Waals surface area (Å²) in [6.45, 7) is 0.850. The number of rotatable bonds is 5. The number of ether oxygens (including phenoxy) is 1. The molecule has 1 heterocycles. The summed E-state index contributed by atoms with van der Waals surface area (Å²) < 4.78 is 5.45. The van der Waals surface area contributed by atoms with Gasteiger partial charge in [0.25, 0.3) is 0 Å². The molecule has 2 nitrogen and oxygen atoms in total. The van der Waals surface area contributed by atoms with Crippen LogP contribution in [0, 0.1) is 0 Å². The number of nitrogens with two attached hydrogens (primary N) is 1. The third-order valence-electron chi connectivity index (χ3n) is 4.75. The van der Waals surface area contributed by atoms with E-state index in [0.717, 1.165) is 29.7 Å². The maximum absolute atomic E-state index is 7.12. The Kier molecular flexibility index (Phi) is 3.93. The molecule has 2 N–H and O–H groups in total. The van der Waals surface area contributed by atoms with Gasteiger partial charge in [-0.2, -0.15) is 0 Å². The quantitative estimate of drug-likeness (QED) is 0.573. The lowest BCUT2D eigenvalue weighted by Crippen LogP contribution is -2.40. The minimum atomic E-state index is -0.673. The lowest BCUT2D eigenvalue weighted by molar-refractivity contribution is 0.406. The van der Waals surface area contributed by atoms with Crippen molar-refractivity contribution in [3.8, 4) is 0 Å². The highest BCUT2D eigenvalue weighted by Gasteiger charge is 2.35. The smallest absolute Gasteiger partial charge is 0.0925 e. The van der Waals surface area contributed by atoms with Crippen molar-refractivity contribution in [2.45, 2.75) is 18.1 Å². The van der Waals surface area contributed by atoms with Crippen molar-refractivity contribution in [3.63, 3.8) is 0 Å². The third kappa shape index (κ3) is 2.75. The molecule has 1 aliphatic rings. The first-order chi connectivity index (χ1) is 11.8. The molecule has 1 atom stereocenters. The number of epoxide rings is 1.